The first-order valence-electron chi connectivity index (χ1n) is 26.5. The van der Waals surface area contributed by atoms with Gasteiger partial charge < -0.3 is 44.5 Å². The molecule has 1 saturated heterocycles. The van der Waals surface area contributed by atoms with Crippen LogP contribution in [-0.4, -0.2) is 172 Å². The smallest absolute Gasteiger partial charge is 0.307 e. The van der Waals surface area contributed by atoms with E-state index in [1.54, 1.807) is 48.0 Å². The van der Waals surface area contributed by atoms with Gasteiger partial charge in [0.2, 0.25) is 23.5 Å². The third-order valence-electron chi connectivity index (χ3n) is 14.1. The van der Waals surface area contributed by atoms with Crippen LogP contribution in [0.4, 0.5) is 5.69 Å². The predicted molar refractivity (Wildman–Crippen MR) is 283 cm³/mol. The molecule has 4 amide bonds. The number of likely N-dealkylation sites (tertiary alicyclic amines) is 1. The first kappa shape index (κ1) is 65.1. The number of benzene rings is 1. The van der Waals surface area contributed by atoms with Gasteiger partial charge in [0.1, 0.15) is 5.78 Å². The SMILES string of the molecule is CCOCCNC(=O)C#CC(=O)CCCOCCC(=O)Nc1ccc(C[C@H](CC(=O)[C@H](C)[C@@H](OC)[C@@H]2CCCN2C(=O)CC(OC)[C@H](C(C)CC)N(C)C(=O)[C@@H](CC(=O)[C@H](C(C)C)N(C)C)C(C)C)C(=O)O)cc1. The summed E-state index contributed by atoms with van der Waals surface area (Å²) in [5, 5.41) is 15.6. The highest BCUT2D eigenvalue weighted by Crippen LogP contribution is 2.32. The fourth-order valence-corrected chi connectivity index (χ4v) is 9.93. The molecule has 1 fully saturated rings. The number of carboxylic acids is 1. The molecular formula is C56H89N5O13. The Morgan fingerprint density at radius 2 is 1.49 bits per heavy atom. The predicted octanol–water partition coefficient (Wildman–Crippen LogP) is 5.48. The van der Waals surface area contributed by atoms with Gasteiger partial charge in [-0.2, -0.15) is 0 Å². The molecule has 1 aromatic carbocycles. The number of ketones is 3. The minimum absolute atomic E-state index is 0.0154. The Morgan fingerprint density at radius 3 is 2.05 bits per heavy atom. The van der Waals surface area contributed by atoms with E-state index in [9.17, 15) is 43.5 Å². The van der Waals surface area contributed by atoms with Crippen LogP contribution < -0.4 is 10.6 Å². The molecule has 18 nitrogen and oxygen atoms in total. The Hall–Kier alpha value is -5.06. The minimum Gasteiger partial charge on any atom is -0.481 e. The van der Waals surface area contributed by atoms with Crippen LogP contribution in [0.3, 0.4) is 0 Å². The van der Waals surface area contributed by atoms with Crippen LogP contribution in [0.5, 0.6) is 0 Å². The fraction of sp³-hybridized carbons (Fsp3) is 0.714. The summed E-state index contributed by atoms with van der Waals surface area (Å²) >= 11 is 0. The van der Waals surface area contributed by atoms with Gasteiger partial charge in [-0.15, -0.1) is 0 Å². The second-order valence-electron chi connectivity index (χ2n) is 20.5. The molecule has 74 heavy (non-hydrogen) atoms. The molecule has 0 aliphatic carbocycles. The number of anilines is 1. The third kappa shape index (κ3) is 21.3. The van der Waals surface area contributed by atoms with E-state index in [2.05, 4.69) is 22.5 Å². The van der Waals surface area contributed by atoms with E-state index in [4.69, 9.17) is 18.9 Å². The maximum absolute atomic E-state index is 14.4. The van der Waals surface area contributed by atoms with Gasteiger partial charge in [0.15, 0.2) is 5.78 Å². The van der Waals surface area contributed by atoms with Gasteiger partial charge in [0.05, 0.1) is 62.3 Å². The van der Waals surface area contributed by atoms with Gasteiger partial charge in [-0.1, -0.05) is 67.0 Å². The van der Waals surface area contributed by atoms with Crippen LogP contribution in [0.25, 0.3) is 0 Å². The number of hydrogen-bond acceptors (Lipinski definition) is 13. The van der Waals surface area contributed by atoms with E-state index in [0.717, 1.165) is 0 Å². The zero-order valence-corrected chi connectivity index (χ0v) is 46.7. The molecule has 0 aromatic heterocycles. The van der Waals surface area contributed by atoms with E-state index in [1.165, 1.54) is 14.2 Å². The number of methoxy groups -OCH3 is 2. The van der Waals surface area contributed by atoms with Gasteiger partial charge in [0.25, 0.3) is 5.91 Å². The lowest BCUT2D eigenvalue weighted by Crippen LogP contribution is -2.54. The molecule has 3 N–H and O–H groups in total. The number of rotatable bonds is 35. The first-order valence-corrected chi connectivity index (χ1v) is 26.5. The standard InChI is InChI=1S/C56H89N5O13/c1-14-38(7)53(60(11)55(68)44(36(3)4)34-47(64)52(37(5)6)59(9)10)48(71-12)35-51(67)61-28-16-19-45(61)54(72-13)39(8)46(63)33-41(56(69)70)32-40-20-22-42(23-21-40)58-50(66)26-30-74-29-17-18-43(62)24-25-49(65)57-27-31-73-15-2/h20-23,36-39,41,44-45,48,52-54H,14-19,26-35H2,1-13H3,(H,57,65)(H,58,66)(H,69,70)/t38?,39-,41+,44-,45-,48?,52-,53-,54+/m0/s1. The summed E-state index contributed by atoms with van der Waals surface area (Å²) in [6.07, 6.45) is 1.00. The third-order valence-corrected chi connectivity index (χ3v) is 14.1. The molecule has 1 aromatic rings. The molecule has 0 radical (unpaired) electrons. The summed E-state index contributed by atoms with van der Waals surface area (Å²) in [6, 6.07) is 5.46. The van der Waals surface area contributed by atoms with Crippen molar-refractivity contribution in [2.45, 2.75) is 150 Å². The van der Waals surface area contributed by atoms with Crippen LogP contribution in [0.2, 0.25) is 0 Å². The minimum atomic E-state index is -1.13. The second-order valence-corrected chi connectivity index (χ2v) is 20.5. The first-order chi connectivity index (χ1) is 35.0. The quantitative estimate of drug-likeness (QED) is 0.0435. The summed E-state index contributed by atoms with van der Waals surface area (Å²) in [4.78, 5) is 110. The molecule has 2 rings (SSSR count). The molecule has 0 saturated carbocycles. The fourth-order valence-electron chi connectivity index (χ4n) is 9.93. The summed E-state index contributed by atoms with van der Waals surface area (Å²) in [7, 11) is 8.52. The summed E-state index contributed by atoms with van der Waals surface area (Å²) in [5.74, 6) is -0.921. The van der Waals surface area contributed by atoms with Crippen LogP contribution in [0, 0.1) is 47.3 Å². The van der Waals surface area contributed by atoms with Crippen LogP contribution >= 0.6 is 0 Å². The molecule has 18 heteroatoms. The monoisotopic (exact) mass is 1040 g/mol. The van der Waals surface area contributed by atoms with Crippen LogP contribution in [0.1, 0.15) is 119 Å². The Morgan fingerprint density at radius 1 is 0.811 bits per heavy atom. The molecule has 0 bridgehead atoms. The lowest BCUT2D eigenvalue weighted by molar-refractivity contribution is -0.149. The topological polar surface area (TPSA) is 227 Å². The number of ether oxygens (including phenoxy) is 4. The van der Waals surface area contributed by atoms with Crippen molar-refractivity contribution in [2.24, 2.45) is 35.5 Å². The van der Waals surface area contributed by atoms with Crippen molar-refractivity contribution in [1.82, 2.24) is 20.0 Å². The van der Waals surface area contributed by atoms with Crippen molar-refractivity contribution in [1.29, 1.82) is 0 Å². The van der Waals surface area contributed by atoms with Crippen molar-refractivity contribution in [3.63, 3.8) is 0 Å². The average molecular weight is 1040 g/mol. The van der Waals surface area contributed by atoms with Crippen LogP contribution in [0.15, 0.2) is 24.3 Å². The van der Waals surface area contributed by atoms with Crippen molar-refractivity contribution >= 4 is 52.6 Å². The number of carbonyl (C=O) groups is 8. The summed E-state index contributed by atoms with van der Waals surface area (Å²) in [5.41, 5.74) is 1.15. The van der Waals surface area contributed by atoms with Gasteiger partial charge in [-0.05, 0) is 88.1 Å². The zero-order valence-electron chi connectivity index (χ0n) is 46.7. The maximum atomic E-state index is 14.4. The number of nitrogens with one attached hydrogen (secondary N) is 2. The molecule has 1 heterocycles. The zero-order chi connectivity index (χ0) is 55.7. The highest BCUT2D eigenvalue weighted by Gasteiger charge is 2.43. The van der Waals surface area contributed by atoms with Gasteiger partial charge >= 0.3 is 5.97 Å². The van der Waals surface area contributed by atoms with Crippen molar-refractivity contribution in [3.05, 3.63) is 29.8 Å². The molecular weight excluding hydrogens is 951 g/mol. The number of carbonyl (C=O) groups excluding carboxylic acids is 7. The summed E-state index contributed by atoms with van der Waals surface area (Å²) in [6.45, 7) is 17.5. The lowest BCUT2D eigenvalue weighted by atomic mass is 9.83. The number of aliphatic carboxylic acids is 1. The van der Waals surface area contributed by atoms with E-state index in [1.807, 2.05) is 67.5 Å². The number of likely N-dealkylation sites (N-methyl/N-ethyl adjacent to an activating group) is 2. The van der Waals surface area contributed by atoms with Gasteiger partial charge in [0, 0.05) is 90.3 Å². The Bertz CT molecular complexity index is 2020. The Kier molecular flexibility index (Phi) is 29.7. The average Bonchev–Trinajstić information content (AvgIpc) is 3.84. The maximum Gasteiger partial charge on any atom is 0.307 e. The van der Waals surface area contributed by atoms with Crippen molar-refractivity contribution < 1.29 is 62.4 Å². The van der Waals surface area contributed by atoms with E-state index >= 15 is 0 Å². The number of amides is 4. The number of hydrogen-bond donors (Lipinski definition) is 3. The van der Waals surface area contributed by atoms with E-state index in [-0.39, 0.29) is 105 Å². The summed E-state index contributed by atoms with van der Waals surface area (Å²) < 4.78 is 22.6. The van der Waals surface area contributed by atoms with Crippen molar-refractivity contribution in [2.75, 3.05) is 80.2 Å². The number of carboxylic acid groups (broad SMARTS) is 1. The molecule has 1 aliphatic heterocycles. The van der Waals surface area contributed by atoms with E-state index < -0.39 is 59.7 Å². The number of Topliss-reactive ketones (excluding diaryl/α,β-unsaturated/α-hetero) is 3. The molecule has 416 valence electrons. The highest BCUT2D eigenvalue weighted by atomic mass is 16.5. The Balaban J connectivity index is 2.03. The van der Waals surface area contributed by atoms with Gasteiger partial charge in [-0.3, -0.25) is 43.3 Å². The highest BCUT2D eigenvalue weighted by molar-refractivity contribution is 6.03. The van der Waals surface area contributed by atoms with Crippen molar-refractivity contribution in [3.8, 4) is 11.8 Å². The normalized spacial score (nSPS) is 16.8. The van der Waals surface area contributed by atoms with Gasteiger partial charge in [-0.25, -0.2) is 0 Å². The molecule has 0 spiro atoms. The second kappa shape index (κ2) is 33.8. The lowest BCUT2D eigenvalue weighted by Gasteiger charge is -2.41. The molecule has 2 unspecified atom stereocenters. The largest absolute Gasteiger partial charge is 0.481 e. The van der Waals surface area contributed by atoms with Crippen LogP contribution in [-0.2, 0) is 63.7 Å². The number of nitrogens with zero attached hydrogens (tertiary/aromatic N) is 3. The molecule has 9 atom stereocenters. The Labute approximate surface area is 441 Å². The molecule has 1 aliphatic rings. The van der Waals surface area contributed by atoms with E-state index in [0.29, 0.717) is 63.2 Å².